The molecule has 16 heavy (non-hydrogen) atoms. The van der Waals surface area contributed by atoms with Crippen LogP contribution in [0.5, 0.6) is 0 Å². The van der Waals surface area contributed by atoms with Gasteiger partial charge in [0.15, 0.2) is 0 Å². The molecule has 0 aromatic rings. The predicted molar refractivity (Wildman–Crippen MR) is 67.1 cm³/mol. The van der Waals surface area contributed by atoms with Gasteiger partial charge >= 0.3 is 0 Å². The van der Waals surface area contributed by atoms with Gasteiger partial charge < -0.3 is 10.6 Å². The molecule has 0 radical (unpaired) electrons. The van der Waals surface area contributed by atoms with Gasteiger partial charge in [0.2, 0.25) is 5.91 Å². The summed E-state index contributed by atoms with van der Waals surface area (Å²) in [5.41, 5.74) is 5.93. The third-order valence-corrected chi connectivity index (χ3v) is 3.54. The highest BCUT2D eigenvalue weighted by molar-refractivity contribution is 5.79. The molecule has 2 unspecified atom stereocenters. The molecule has 0 saturated heterocycles. The number of nitrogens with two attached hydrogens (primary N) is 1. The van der Waals surface area contributed by atoms with Gasteiger partial charge in [0.25, 0.3) is 0 Å². The highest BCUT2D eigenvalue weighted by atomic mass is 16.2. The second-order valence-corrected chi connectivity index (χ2v) is 4.90. The Morgan fingerprint density at radius 1 is 1.38 bits per heavy atom. The van der Waals surface area contributed by atoms with E-state index < -0.39 is 0 Å². The molecule has 0 aromatic heterocycles. The molecule has 0 heterocycles. The fourth-order valence-corrected chi connectivity index (χ4v) is 2.48. The van der Waals surface area contributed by atoms with E-state index in [0.29, 0.717) is 5.91 Å². The van der Waals surface area contributed by atoms with E-state index in [1.165, 1.54) is 0 Å². The normalized spacial score (nSPS) is 25.4. The van der Waals surface area contributed by atoms with Crippen molar-refractivity contribution in [2.24, 2.45) is 11.7 Å². The summed E-state index contributed by atoms with van der Waals surface area (Å²) in [5, 5.41) is 0. The number of carbonyl (C=O) groups is 1. The van der Waals surface area contributed by atoms with E-state index in [9.17, 15) is 4.79 Å². The number of hydrogen-bond donors (Lipinski definition) is 1. The average Bonchev–Trinajstić information content (AvgIpc) is 2.29. The van der Waals surface area contributed by atoms with Crippen molar-refractivity contribution in [1.82, 2.24) is 4.90 Å². The molecule has 94 valence electrons. The highest BCUT2D eigenvalue weighted by Gasteiger charge is 2.27. The first kappa shape index (κ1) is 13.5. The zero-order valence-corrected chi connectivity index (χ0v) is 10.7. The molecule has 1 rings (SSSR count). The van der Waals surface area contributed by atoms with Crippen molar-refractivity contribution in [3.63, 3.8) is 0 Å². The topological polar surface area (TPSA) is 46.3 Å². The van der Waals surface area contributed by atoms with Crippen molar-refractivity contribution in [1.29, 1.82) is 0 Å². The van der Waals surface area contributed by atoms with Gasteiger partial charge in [0.1, 0.15) is 0 Å². The van der Waals surface area contributed by atoms with E-state index in [2.05, 4.69) is 13.8 Å². The van der Waals surface area contributed by atoms with E-state index in [4.69, 9.17) is 5.73 Å². The highest BCUT2D eigenvalue weighted by Crippen LogP contribution is 2.25. The van der Waals surface area contributed by atoms with Crippen molar-refractivity contribution in [3.8, 4) is 0 Å². The second-order valence-electron chi connectivity index (χ2n) is 4.90. The van der Waals surface area contributed by atoms with Gasteiger partial charge in [-0.1, -0.05) is 19.8 Å². The van der Waals surface area contributed by atoms with E-state index in [1.54, 1.807) is 0 Å². The first-order chi connectivity index (χ1) is 7.69. The first-order valence-electron chi connectivity index (χ1n) is 6.73. The third kappa shape index (κ3) is 3.78. The van der Waals surface area contributed by atoms with Crippen LogP contribution >= 0.6 is 0 Å². The fraction of sp³-hybridized carbons (Fsp3) is 0.923. The molecular formula is C13H26N2O. The Morgan fingerprint density at radius 2 is 2.12 bits per heavy atom. The molecule has 3 nitrogen and oxygen atoms in total. The fourth-order valence-electron chi connectivity index (χ4n) is 2.48. The largest absolute Gasteiger partial charge is 0.343 e. The Morgan fingerprint density at radius 3 is 2.69 bits per heavy atom. The van der Waals surface area contributed by atoms with Crippen LogP contribution in [0.1, 0.15) is 52.4 Å². The molecule has 0 spiro atoms. The minimum atomic E-state index is 0.195. The third-order valence-electron chi connectivity index (χ3n) is 3.54. The summed E-state index contributed by atoms with van der Waals surface area (Å²) in [7, 11) is 0. The summed E-state index contributed by atoms with van der Waals surface area (Å²) in [5.74, 6) is 0.534. The van der Waals surface area contributed by atoms with Crippen molar-refractivity contribution in [3.05, 3.63) is 0 Å². The van der Waals surface area contributed by atoms with Crippen molar-refractivity contribution in [2.45, 2.75) is 58.4 Å². The summed E-state index contributed by atoms with van der Waals surface area (Å²) in [6.07, 6.45) is 6.39. The van der Waals surface area contributed by atoms with Gasteiger partial charge in [0.05, 0.1) is 0 Å². The molecule has 1 amide bonds. The molecule has 0 aromatic carbocycles. The summed E-state index contributed by atoms with van der Waals surface area (Å²) in [6.45, 7) is 5.98. The molecule has 1 aliphatic carbocycles. The molecular weight excluding hydrogens is 200 g/mol. The molecule has 1 saturated carbocycles. The van der Waals surface area contributed by atoms with Crippen LogP contribution in [0.2, 0.25) is 0 Å². The monoisotopic (exact) mass is 226 g/mol. The molecule has 2 atom stereocenters. The summed E-state index contributed by atoms with van der Waals surface area (Å²) >= 11 is 0. The van der Waals surface area contributed by atoms with Crippen LogP contribution in [0, 0.1) is 5.92 Å². The molecule has 0 bridgehead atoms. The molecule has 1 aliphatic rings. The number of nitrogens with zero attached hydrogens (tertiary/aromatic N) is 1. The Bertz CT molecular complexity index is 218. The van der Waals surface area contributed by atoms with Crippen molar-refractivity contribution < 1.29 is 4.79 Å². The molecule has 3 heteroatoms. The maximum Gasteiger partial charge on any atom is 0.225 e. The number of carbonyl (C=O) groups excluding carboxylic acids is 1. The molecule has 2 N–H and O–H groups in total. The number of amides is 1. The Hall–Kier alpha value is -0.570. The number of unbranched alkanes of at least 4 members (excludes halogenated alkanes) is 1. The van der Waals surface area contributed by atoms with Gasteiger partial charge in [-0.2, -0.15) is 0 Å². The standard InChI is InChI=1S/C13H26N2O/c1-3-5-9-15(4-2)13(16)11-7-6-8-12(14)10-11/h11-12H,3-10,14H2,1-2H3. The van der Waals surface area contributed by atoms with Crippen molar-refractivity contribution >= 4 is 5.91 Å². The lowest BCUT2D eigenvalue weighted by atomic mass is 9.85. The lowest BCUT2D eigenvalue weighted by molar-refractivity contribution is -0.136. The first-order valence-corrected chi connectivity index (χ1v) is 6.73. The molecule has 1 fully saturated rings. The van der Waals surface area contributed by atoms with Crippen LogP contribution in [-0.2, 0) is 4.79 Å². The minimum Gasteiger partial charge on any atom is -0.343 e. The summed E-state index contributed by atoms with van der Waals surface area (Å²) in [4.78, 5) is 14.3. The van der Waals surface area contributed by atoms with Crippen LogP contribution in [-0.4, -0.2) is 29.9 Å². The zero-order valence-electron chi connectivity index (χ0n) is 10.7. The van der Waals surface area contributed by atoms with Crippen LogP contribution in [0.15, 0.2) is 0 Å². The minimum absolute atomic E-state index is 0.195. The average molecular weight is 226 g/mol. The lowest BCUT2D eigenvalue weighted by Crippen LogP contribution is -2.41. The SMILES string of the molecule is CCCCN(CC)C(=O)C1CCCC(N)C1. The maximum atomic E-state index is 12.3. The van der Waals surface area contributed by atoms with Crippen LogP contribution in [0.4, 0.5) is 0 Å². The smallest absolute Gasteiger partial charge is 0.225 e. The lowest BCUT2D eigenvalue weighted by Gasteiger charge is -2.30. The van der Waals surface area contributed by atoms with Gasteiger partial charge in [0, 0.05) is 25.0 Å². The predicted octanol–water partition coefficient (Wildman–Crippen LogP) is 2.15. The summed E-state index contributed by atoms with van der Waals surface area (Å²) in [6, 6.07) is 0.243. The number of rotatable bonds is 5. The van der Waals surface area contributed by atoms with Crippen LogP contribution in [0.25, 0.3) is 0 Å². The van der Waals surface area contributed by atoms with E-state index in [0.717, 1.165) is 51.6 Å². The summed E-state index contributed by atoms with van der Waals surface area (Å²) < 4.78 is 0. The van der Waals surface area contributed by atoms with Crippen molar-refractivity contribution in [2.75, 3.05) is 13.1 Å². The van der Waals surface area contributed by atoms with Gasteiger partial charge in [-0.15, -0.1) is 0 Å². The van der Waals surface area contributed by atoms with Gasteiger partial charge in [-0.3, -0.25) is 4.79 Å². The van der Waals surface area contributed by atoms with E-state index in [1.807, 2.05) is 4.90 Å². The van der Waals surface area contributed by atoms with Gasteiger partial charge in [-0.25, -0.2) is 0 Å². The Labute approximate surface area is 99.4 Å². The maximum absolute atomic E-state index is 12.3. The molecule has 0 aliphatic heterocycles. The van der Waals surface area contributed by atoms with Crippen LogP contribution in [0.3, 0.4) is 0 Å². The van der Waals surface area contributed by atoms with Crippen LogP contribution < -0.4 is 5.73 Å². The quantitative estimate of drug-likeness (QED) is 0.781. The second kappa shape index (κ2) is 6.89. The Kier molecular flexibility index (Phi) is 5.81. The van der Waals surface area contributed by atoms with Gasteiger partial charge in [-0.05, 0) is 32.6 Å². The zero-order chi connectivity index (χ0) is 12.0. The van der Waals surface area contributed by atoms with E-state index in [-0.39, 0.29) is 12.0 Å². The Balaban J connectivity index is 2.46. The van der Waals surface area contributed by atoms with E-state index >= 15 is 0 Å². The number of hydrogen-bond acceptors (Lipinski definition) is 2.